The van der Waals surface area contributed by atoms with Crippen LogP contribution in [-0.2, 0) is 15.0 Å². The summed E-state index contributed by atoms with van der Waals surface area (Å²) in [6, 6.07) is 8.17. The maximum Gasteiger partial charge on any atom is 0.325 e. The summed E-state index contributed by atoms with van der Waals surface area (Å²) in [4.78, 5) is 23.0. The third-order valence-electron chi connectivity index (χ3n) is 3.09. The van der Waals surface area contributed by atoms with Gasteiger partial charge < -0.3 is 10.2 Å². The number of hydrogen-bond acceptors (Lipinski definition) is 2. The van der Waals surface area contributed by atoms with Crippen LogP contribution < -0.4 is 0 Å². The van der Waals surface area contributed by atoms with Crippen LogP contribution >= 0.6 is 0 Å². The summed E-state index contributed by atoms with van der Waals surface area (Å²) in [7, 11) is 0. The summed E-state index contributed by atoms with van der Waals surface area (Å²) in [5.41, 5.74) is -1.52. The summed E-state index contributed by atoms with van der Waals surface area (Å²) >= 11 is 0. The number of carbonyl (C=O) groups is 2. The number of hydrogen-bond donors (Lipinski definition) is 2. The third-order valence-corrected chi connectivity index (χ3v) is 3.09. The second-order valence-corrected chi connectivity index (χ2v) is 4.81. The molecule has 0 aliphatic heterocycles. The first-order valence-corrected chi connectivity index (χ1v) is 5.93. The maximum atomic E-state index is 11.5. The van der Waals surface area contributed by atoms with Gasteiger partial charge in [0.1, 0.15) is 0 Å². The molecular formula is C14H18O4. The Bertz CT molecular complexity index is 409. The normalized spacial score (nSPS) is 11.5. The Balaban J connectivity index is 3.23. The fourth-order valence-corrected chi connectivity index (χ4v) is 1.92. The van der Waals surface area contributed by atoms with Gasteiger partial charge in [0.2, 0.25) is 0 Å². The van der Waals surface area contributed by atoms with Crippen molar-refractivity contribution in [3.63, 3.8) is 0 Å². The summed E-state index contributed by atoms with van der Waals surface area (Å²) in [6.45, 7) is 3.89. The highest BCUT2D eigenvalue weighted by Crippen LogP contribution is 2.32. The highest BCUT2D eigenvalue weighted by atomic mass is 16.4. The van der Waals surface area contributed by atoms with E-state index in [2.05, 4.69) is 0 Å². The Labute approximate surface area is 106 Å². The number of rotatable bonds is 6. The third kappa shape index (κ3) is 2.70. The second-order valence-electron chi connectivity index (χ2n) is 4.81. The van der Waals surface area contributed by atoms with E-state index >= 15 is 0 Å². The molecule has 0 atom stereocenters. The molecule has 98 valence electrons. The molecule has 4 nitrogen and oxygen atoms in total. The molecule has 4 heteroatoms. The van der Waals surface area contributed by atoms with Crippen LogP contribution in [-0.4, -0.2) is 22.2 Å². The zero-order chi connectivity index (χ0) is 13.8. The van der Waals surface area contributed by atoms with Crippen LogP contribution in [0.25, 0.3) is 0 Å². The average molecular weight is 250 g/mol. The lowest BCUT2D eigenvalue weighted by atomic mass is 9.75. The molecule has 0 aliphatic rings. The predicted octanol–water partition coefficient (Wildman–Crippen LogP) is 2.53. The first kappa shape index (κ1) is 14.2. The molecule has 2 N–H and O–H groups in total. The van der Waals surface area contributed by atoms with E-state index in [-0.39, 0.29) is 12.3 Å². The van der Waals surface area contributed by atoms with E-state index in [4.69, 9.17) is 0 Å². The quantitative estimate of drug-likeness (QED) is 0.761. The van der Waals surface area contributed by atoms with Crippen LogP contribution in [0.3, 0.4) is 0 Å². The van der Waals surface area contributed by atoms with Gasteiger partial charge in [-0.3, -0.25) is 9.59 Å². The molecule has 0 radical (unpaired) electrons. The smallest absolute Gasteiger partial charge is 0.325 e. The number of carboxylic acids is 2. The number of carboxylic acid groups (broad SMARTS) is 2. The molecule has 1 aromatic carbocycles. The van der Waals surface area contributed by atoms with Crippen LogP contribution in [0.4, 0.5) is 0 Å². The fourth-order valence-electron chi connectivity index (χ4n) is 1.92. The van der Waals surface area contributed by atoms with Crippen molar-refractivity contribution in [3.8, 4) is 0 Å². The molecule has 0 saturated heterocycles. The Kier molecular flexibility index (Phi) is 4.48. The summed E-state index contributed by atoms with van der Waals surface area (Å²) in [5, 5.41) is 18.8. The molecule has 0 aromatic heterocycles. The maximum absolute atomic E-state index is 11.5. The van der Waals surface area contributed by atoms with Crippen LogP contribution in [0.1, 0.15) is 32.3 Å². The highest BCUT2D eigenvalue weighted by molar-refractivity contribution is 6.04. The molecule has 0 aliphatic carbocycles. The van der Waals surface area contributed by atoms with Gasteiger partial charge in [-0.05, 0) is 24.3 Å². The highest BCUT2D eigenvalue weighted by Gasteiger charge is 2.47. The second kappa shape index (κ2) is 5.67. The van der Waals surface area contributed by atoms with Crippen LogP contribution in [0.15, 0.2) is 30.3 Å². The van der Waals surface area contributed by atoms with Gasteiger partial charge >= 0.3 is 11.9 Å². The minimum Gasteiger partial charge on any atom is -0.480 e. The van der Waals surface area contributed by atoms with Crippen molar-refractivity contribution >= 4 is 11.9 Å². The summed E-state index contributed by atoms with van der Waals surface area (Å²) in [5.74, 6) is -2.35. The molecule has 0 saturated carbocycles. The Hall–Kier alpha value is -1.84. The molecule has 1 aromatic rings. The van der Waals surface area contributed by atoms with Crippen LogP contribution in [0.2, 0.25) is 0 Å². The van der Waals surface area contributed by atoms with Gasteiger partial charge in [0.25, 0.3) is 0 Å². The monoisotopic (exact) mass is 250 g/mol. The van der Waals surface area contributed by atoms with Crippen molar-refractivity contribution in [1.82, 2.24) is 0 Å². The van der Waals surface area contributed by atoms with E-state index in [1.807, 2.05) is 13.8 Å². The Morgan fingerprint density at radius 1 is 1.11 bits per heavy atom. The molecular weight excluding hydrogens is 232 g/mol. The van der Waals surface area contributed by atoms with E-state index in [9.17, 15) is 19.8 Å². The number of aliphatic carboxylic acids is 2. The van der Waals surface area contributed by atoms with Gasteiger partial charge in [-0.1, -0.05) is 44.2 Å². The van der Waals surface area contributed by atoms with Gasteiger partial charge in [0.05, 0.1) is 0 Å². The van der Waals surface area contributed by atoms with E-state index < -0.39 is 17.4 Å². The van der Waals surface area contributed by atoms with Crippen molar-refractivity contribution in [3.05, 3.63) is 35.9 Å². The molecule has 1 rings (SSSR count). The largest absolute Gasteiger partial charge is 0.480 e. The minimum atomic E-state index is -1.84. The molecule has 0 spiro atoms. The first-order valence-electron chi connectivity index (χ1n) is 5.93. The molecule has 0 amide bonds. The lowest BCUT2D eigenvalue weighted by molar-refractivity contribution is -0.158. The van der Waals surface area contributed by atoms with Crippen molar-refractivity contribution in [2.24, 2.45) is 5.92 Å². The fraction of sp³-hybridized carbons (Fsp3) is 0.429. The molecule has 0 unspecified atom stereocenters. The van der Waals surface area contributed by atoms with Crippen molar-refractivity contribution in [1.29, 1.82) is 0 Å². The first-order chi connectivity index (χ1) is 8.41. The van der Waals surface area contributed by atoms with Crippen LogP contribution in [0.5, 0.6) is 0 Å². The van der Waals surface area contributed by atoms with Gasteiger partial charge in [-0.15, -0.1) is 0 Å². The predicted molar refractivity (Wildman–Crippen MR) is 67.5 cm³/mol. The van der Waals surface area contributed by atoms with Crippen molar-refractivity contribution < 1.29 is 19.8 Å². The standard InChI is InChI=1S/C14H18O4/c1-10(2)8-9-14(12(15)16,13(17)18)11-6-4-3-5-7-11/h3-7,10H,8-9H2,1-2H3,(H,15,16)(H,17,18). The minimum absolute atomic E-state index is 0.0966. The lowest BCUT2D eigenvalue weighted by Crippen LogP contribution is -2.44. The topological polar surface area (TPSA) is 74.6 Å². The SMILES string of the molecule is CC(C)CCC(C(=O)O)(C(=O)O)c1ccccc1. The molecule has 0 bridgehead atoms. The Morgan fingerprint density at radius 3 is 2.00 bits per heavy atom. The van der Waals surface area contributed by atoms with Crippen molar-refractivity contribution in [2.75, 3.05) is 0 Å². The lowest BCUT2D eigenvalue weighted by Gasteiger charge is -2.26. The van der Waals surface area contributed by atoms with Gasteiger partial charge in [-0.2, -0.15) is 0 Å². The zero-order valence-electron chi connectivity index (χ0n) is 10.6. The van der Waals surface area contributed by atoms with Crippen molar-refractivity contribution in [2.45, 2.75) is 32.1 Å². The Morgan fingerprint density at radius 2 is 1.61 bits per heavy atom. The summed E-state index contributed by atoms with van der Waals surface area (Å²) < 4.78 is 0. The van der Waals surface area contributed by atoms with Crippen LogP contribution in [0, 0.1) is 5.92 Å². The van der Waals surface area contributed by atoms with E-state index in [0.717, 1.165) is 0 Å². The van der Waals surface area contributed by atoms with Gasteiger partial charge in [-0.25, -0.2) is 0 Å². The average Bonchev–Trinajstić information content (AvgIpc) is 2.30. The van der Waals surface area contributed by atoms with E-state index in [1.54, 1.807) is 30.3 Å². The van der Waals surface area contributed by atoms with Gasteiger partial charge in [0.15, 0.2) is 5.41 Å². The molecule has 0 heterocycles. The van der Waals surface area contributed by atoms with E-state index in [1.165, 1.54) is 0 Å². The zero-order valence-corrected chi connectivity index (χ0v) is 10.6. The molecule has 18 heavy (non-hydrogen) atoms. The van der Waals surface area contributed by atoms with E-state index in [0.29, 0.717) is 12.0 Å². The molecule has 0 fully saturated rings. The van der Waals surface area contributed by atoms with Gasteiger partial charge in [0, 0.05) is 0 Å². The number of benzene rings is 1. The summed E-state index contributed by atoms with van der Waals surface area (Å²) in [6.07, 6.45) is 0.646.